The van der Waals surface area contributed by atoms with Crippen molar-refractivity contribution in [2.75, 3.05) is 40.4 Å². The van der Waals surface area contributed by atoms with E-state index >= 15 is 0 Å². The van der Waals surface area contributed by atoms with Crippen LogP contribution in [0.5, 0.6) is 0 Å². The highest BCUT2D eigenvalue weighted by atomic mass is 16.5. The molecule has 1 rings (SSSR count). The monoisotopic (exact) mass is 244 g/mol. The van der Waals surface area contributed by atoms with E-state index in [4.69, 9.17) is 4.74 Å². The maximum absolute atomic E-state index is 11.9. The van der Waals surface area contributed by atoms with Gasteiger partial charge in [-0.1, -0.05) is 27.7 Å². The summed E-state index contributed by atoms with van der Waals surface area (Å²) in [6, 6.07) is 0.212. The summed E-state index contributed by atoms with van der Waals surface area (Å²) >= 11 is 0. The first-order chi connectivity index (χ1) is 8.06. The topological polar surface area (TPSA) is 32.8 Å². The zero-order valence-electron chi connectivity index (χ0n) is 12.2. The second kappa shape index (κ2) is 8.48. The minimum atomic E-state index is 0.0766. The zero-order valence-corrected chi connectivity index (χ0v) is 12.2. The van der Waals surface area contributed by atoms with Crippen LogP contribution in [0.15, 0.2) is 0 Å². The van der Waals surface area contributed by atoms with Gasteiger partial charge in [0.1, 0.15) is 0 Å². The molecular weight excluding hydrogens is 216 g/mol. The van der Waals surface area contributed by atoms with Gasteiger partial charge >= 0.3 is 0 Å². The van der Waals surface area contributed by atoms with Crippen LogP contribution in [-0.4, -0.2) is 62.1 Å². The summed E-state index contributed by atoms with van der Waals surface area (Å²) in [5, 5.41) is 0. The van der Waals surface area contributed by atoms with Gasteiger partial charge in [0.2, 0.25) is 5.91 Å². The van der Waals surface area contributed by atoms with Crippen LogP contribution >= 0.6 is 0 Å². The molecule has 1 saturated heterocycles. The third-order valence-corrected chi connectivity index (χ3v) is 2.82. The molecule has 0 bridgehead atoms. The molecule has 0 saturated carbocycles. The quantitative estimate of drug-likeness (QED) is 0.753. The van der Waals surface area contributed by atoms with E-state index in [0.29, 0.717) is 6.61 Å². The lowest BCUT2D eigenvalue weighted by Crippen LogP contribution is -2.56. The number of nitrogens with zero attached hydrogens (tertiary/aromatic N) is 2. The average Bonchev–Trinajstić information content (AvgIpc) is 2.31. The lowest BCUT2D eigenvalue weighted by Gasteiger charge is -2.40. The molecule has 1 unspecified atom stereocenters. The summed E-state index contributed by atoms with van der Waals surface area (Å²) in [4.78, 5) is 16.2. The fraction of sp³-hybridized carbons (Fsp3) is 0.923. The van der Waals surface area contributed by atoms with Gasteiger partial charge < -0.3 is 14.5 Å². The Hall–Kier alpha value is -0.610. The van der Waals surface area contributed by atoms with Crippen LogP contribution in [0.3, 0.4) is 0 Å². The van der Waals surface area contributed by atoms with Gasteiger partial charge in [0, 0.05) is 32.7 Å². The van der Waals surface area contributed by atoms with E-state index in [-0.39, 0.29) is 17.9 Å². The van der Waals surface area contributed by atoms with Crippen LogP contribution in [0.1, 0.15) is 27.7 Å². The first kappa shape index (κ1) is 16.4. The summed E-state index contributed by atoms with van der Waals surface area (Å²) < 4.78 is 5.17. The van der Waals surface area contributed by atoms with Crippen LogP contribution < -0.4 is 0 Å². The Kier molecular flexibility index (Phi) is 8.17. The second-order valence-electron chi connectivity index (χ2n) is 4.56. The van der Waals surface area contributed by atoms with E-state index in [2.05, 4.69) is 11.9 Å². The highest BCUT2D eigenvalue weighted by Crippen LogP contribution is 2.12. The molecule has 0 spiro atoms. The highest BCUT2D eigenvalue weighted by molar-refractivity contribution is 5.78. The van der Waals surface area contributed by atoms with E-state index in [0.717, 1.165) is 19.6 Å². The van der Waals surface area contributed by atoms with Gasteiger partial charge in [0.15, 0.2) is 0 Å². The van der Waals surface area contributed by atoms with Gasteiger partial charge in [-0.25, -0.2) is 0 Å². The zero-order chi connectivity index (χ0) is 13.4. The normalized spacial score (nSPS) is 21.1. The minimum absolute atomic E-state index is 0.0766. The molecule has 0 aromatic carbocycles. The maximum Gasteiger partial charge on any atom is 0.225 e. The van der Waals surface area contributed by atoms with Crippen molar-refractivity contribution in [1.82, 2.24) is 9.80 Å². The Bertz CT molecular complexity index is 219. The number of likely N-dealkylation sites (N-methyl/N-ethyl adjacent to an activating group) is 1. The van der Waals surface area contributed by atoms with Crippen LogP contribution in [-0.2, 0) is 9.53 Å². The third kappa shape index (κ3) is 5.04. The number of carbonyl (C=O) groups is 1. The highest BCUT2D eigenvalue weighted by Gasteiger charge is 2.29. The number of piperazine rings is 1. The van der Waals surface area contributed by atoms with Crippen LogP contribution in [0, 0.1) is 5.92 Å². The molecule has 102 valence electrons. The molecule has 1 heterocycles. The number of amides is 1. The fourth-order valence-electron chi connectivity index (χ4n) is 1.97. The van der Waals surface area contributed by atoms with Crippen LogP contribution in [0.2, 0.25) is 0 Å². The van der Waals surface area contributed by atoms with Gasteiger partial charge in [-0.05, 0) is 7.05 Å². The standard InChI is InChI=1S/C11H22N2O2.C2H6/c1-9(2)11(14)13-6-5-12(3)7-10(13)8-15-4;1-2/h9-10H,5-8H2,1-4H3;1-2H3. The van der Waals surface area contributed by atoms with Gasteiger partial charge in [-0.2, -0.15) is 0 Å². The predicted octanol–water partition coefficient (Wildman–Crippen LogP) is 1.46. The average molecular weight is 244 g/mol. The molecule has 1 aliphatic heterocycles. The molecule has 17 heavy (non-hydrogen) atoms. The van der Waals surface area contributed by atoms with Crippen molar-refractivity contribution in [3.63, 3.8) is 0 Å². The Balaban J connectivity index is 0.00000121. The van der Waals surface area contributed by atoms with E-state index in [1.165, 1.54) is 0 Å². The summed E-state index contributed by atoms with van der Waals surface area (Å²) in [5.41, 5.74) is 0. The molecule has 0 aliphatic carbocycles. The molecule has 4 heteroatoms. The molecular formula is C13H28N2O2. The van der Waals surface area contributed by atoms with E-state index in [1.807, 2.05) is 32.6 Å². The SMILES string of the molecule is CC.COCC1CN(C)CCN1C(=O)C(C)C. The number of ether oxygens (including phenoxy) is 1. The molecule has 1 amide bonds. The largest absolute Gasteiger partial charge is 0.382 e. The van der Waals surface area contributed by atoms with Crippen molar-refractivity contribution < 1.29 is 9.53 Å². The number of methoxy groups -OCH3 is 1. The maximum atomic E-state index is 11.9. The van der Waals surface area contributed by atoms with Gasteiger partial charge in [-0.15, -0.1) is 0 Å². The van der Waals surface area contributed by atoms with E-state index in [9.17, 15) is 4.79 Å². The summed E-state index contributed by atoms with van der Waals surface area (Å²) in [6.45, 7) is 11.2. The van der Waals surface area contributed by atoms with Crippen molar-refractivity contribution in [3.8, 4) is 0 Å². The second-order valence-corrected chi connectivity index (χ2v) is 4.56. The Morgan fingerprint density at radius 2 is 1.94 bits per heavy atom. The molecule has 1 atom stereocenters. The third-order valence-electron chi connectivity index (χ3n) is 2.82. The van der Waals surface area contributed by atoms with Gasteiger partial charge in [-0.3, -0.25) is 4.79 Å². The number of hydrogen-bond donors (Lipinski definition) is 0. The predicted molar refractivity (Wildman–Crippen MR) is 71.1 cm³/mol. The van der Waals surface area contributed by atoms with E-state index < -0.39 is 0 Å². The molecule has 0 N–H and O–H groups in total. The Morgan fingerprint density at radius 1 is 1.35 bits per heavy atom. The minimum Gasteiger partial charge on any atom is -0.382 e. The lowest BCUT2D eigenvalue weighted by molar-refractivity contribution is -0.140. The first-order valence-corrected chi connectivity index (χ1v) is 6.54. The van der Waals surface area contributed by atoms with Gasteiger partial charge in [0.05, 0.1) is 12.6 Å². The number of carbonyl (C=O) groups excluding carboxylic acids is 1. The Morgan fingerprint density at radius 3 is 2.41 bits per heavy atom. The summed E-state index contributed by atoms with van der Waals surface area (Å²) in [5.74, 6) is 0.318. The van der Waals surface area contributed by atoms with E-state index in [1.54, 1.807) is 7.11 Å². The number of rotatable bonds is 3. The molecule has 1 fully saturated rings. The molecule has 0 radical (unpaired) electrons. The van der Waals surface area contributed by atoms with Crippen molar-refractivity contribution >= 4 is 5.91 Å². The van der Waals surface area contributed by atoms with Crippen LogP contribution in [0.25, 0.3) is 0 Å². The smallest absolute Gasteiger partial charge is 0.225 e. The molecule has 0 aromatic rings. The number of hydrogen-bond acceptors (Lipinski definition) is 3. The first-order valence-electron chi connectivity index (χ1n) is 6.54. The van der Waals surface area contributed by atoms with Crippen molar-refractivity contribution in [1.29, 1.82) is 0 Å². The van der Waals surface area contributed by atoms with Crippen molar-refractivity contribution in [2.45, 2.75) is 33.7 Å². The Labute approximate surface area is 106 Å². The lowest BCUT2D eigenvalue weighted by atomic mass is 10.1. The van der Waals surface area contributed by atoms with Crippen LogP contribution in [0.4, 0.5) is 0 Å². The van der Waals surface area contributed by atoms with Gasteiger partial charge in [0.25, 0.3) is 0 Å². The fourth-order valence-corrected chi connectivity index (χ4v) is 1.97. The summed E-state index contributed by atoms with van der Waals surface area (Å²) in [6.07, 6.45) is 0. The molecule has 0 aromatic heterocycles. The molecule has 1 aliphatic rings. The summed E-state index contributed by atoms with van der Waals surface area (Å²) in [7, 11) is 3.77. The van der Waals surface area contributed by atoms with Crippen molar-refractivity contribution in [3.05, 3.63) is 0 Å². The van der Waals surface area contributed by atoms with Crippen molar-refractivity contribution in [2.24, 2.45) is 5.92 Å². The molecule has 4 nitrogen and oxygen atoms in total.